The monoisotopic (exact) mass is 451 g/mol. The van der Waals surface area contributed by atoms with Crippen LogP contribution in [0.3, 0.4) is 0 Å². The van der Waals surface area contributed by atoms with E-state index in [0.29, 0.717) is 23.6 Å². The van der Waals surface area contributed by atoms with Gasteiger partial charge in [0.1, 0.15) is 0 Å². The third-order valence-electron chi connectivity index (χ3n) is 7.28. The number of fused-ring (bicyclic) bond motifs is 1. The van der Waals surface area contributed by atoms with Gasteiger partial charge in [-0.05, 0) is 71.4 Å². The molecular weight excluding hydrogens is 414 g/mol. The smallest absolute Gasteiger partial charge is 0.362 e. The summed E-state index contributed by atoms with van der Waals surface area (Å²) < 4.78 is 6.90. The third-order valence-corrected chi connectivity index (χ3v) is 7.28. The quantitative estimate of drug-likeness (QED) is 0.442. The van der Waals surface area contributed by atoms with Gasteiger partial charge in [0.05, 0.1) is 17.6 Å². The number of carbonyl (C=O) groups is 1. The van der Waals surface area contributed by atoms with Crippen LogP contribution in [0.15, 0.2) is 41.2 Å². The summed E-state index contributed by atoms with van der Waals surface area (Å²) in [6, 6.07) is 8.93. The Morgan fingerprint density at radius 3 is 2.82 bits per heavy atom. The molecule has 4 atom stereocenters. The number of nitrogens with zero attached hydrogens (tertiary/aromatic N) is 3. The molecule has 178 valence electrons. The van der Waals surface area contributed by atoms with Crippen molar-refractivity contribution < 1.29 is 9.53 Å². The Balaban J connectivity index is 1.66. The Morgan fingerprint density at radius 2 is 2.00 bits per heavy atom. The van der Waals surface area contributed by atoms with Gasteiger partial charge < -0.3 is 9.30 Å². The number of carbonyl (C=O) groups excluding carboxylic acids is 1. The zero-order valence-electron chi connectivity index (χ0n) is 20.2. The molecule has 1 unspecified atom stereocenters. The minimum Gasteiger partial charge on any atom is -0.461 e. The molecule has 1 aromatic heterocycles. The van der Waals surface area contributed by atoms with Crippen molar-refractivity contribution in [2.24, 2.45) is 0 Å². The van der Waals surface area contributed by atoms with Crippen LogP contribution in [0, 0.1) is 0 Å². The molecule has 0 saturated carbocycles. The fraction of sp³-hybridized carbons (Fsp3) is 0.593. The molecule has 1 aliphatic carbocycles. The van der Waals surface area contributed by atoms with Gasteiger partial charge in [-0.15, -0.1) is 0 Å². The summed E-state index contributed by atoms with van der Waals surface area (Å²) in [5.41, 5.74) is 0.934. The molecule has 1 aliphatic heterocycles. The Bertz CT molecular complexity index is 1060. The zero-order valence-corrected chi connectivity index (χ0v) is 20.2. The van der Waals surface area contributed by atoms with E-state index in [2.05, 4.69) is 35.9 Å². The lowest BCUT2D eigenvalue weighted by Gasteiger charge is -2.37. The van der Waals surface area contributed by atoms with Gasteiger partial charge in [0, 0.05) is 24.2 Å². The van der Waals surface area contributed by atoms with Crippen LogP contribution < -0.4 is 5.56 Å². The highest BCUT2D eigenvalue weighted by Gasteiger charge is 2.36. The molecule has 1 aromatic carbocycles. The molecule has 0 radical (unpaired) electrons. The topological polar surface area (TPSA) is 64.4 Å². The van der Waals surface area contributed by atoms with Crippen LogP contribution in [-0.4, -0.2) is 45.2 Å². The van der Waals surface area contributed by atoms with Crippen molar-refractivity contribution in [3.63, 3.8) is 0 Å². The first-order valence-electron chi connectivity index (χ1n) is 12.6. The normalized spacial score (nSPS) is 26.0. The highest BCUT2D eigenvalue weighted by molar-refractivity contribution is 5.89. The summed E-state index contributed by atoms with van der Waals surface area (Å²) >= 11 is 0. The fourth-order valence-electron chi connectivity index (χ4n) is 5.74. The second-order valence-electron chi connectivity index (χ2n) is 9.59. The number of para-hydroxylation sites is 2. The predicted octanol–water partition coefficient (Wildman–Crippen LogP) is 5.27. The maximum Gasteiger partial charge on any atom is 0.362 e. The first-order valence-corrected chi connectivity index (χ1v) is 12.6. The van der Waals surface area contributed by atoms with Crippen LogP contribution in [0.5, 0.6) is 0 Å². The third kappa shape index (κ3) is 5.06. The van der Waals surface area contributed by atoms with Gasteiger partial charge in [-0.2, -0.15) is 0 Å². The molecular formula is C27H37N3O3. The molecule has 0 N–H and O–H groups in total. The van der Waals surface area contributed by atoms with Gasteiger partial charge in [0.25, 0.3) is 5.56 Å². The average Bonchev–Trinajstić information content (AvgIpc) is 3.13. The van der Waals surface area contributed by atoms with Crippen molar-refractivity contribution in [3.8, 4) is 0 Å². The van der Waals surface area contributed by atoms with Gasteiger partial charge in [-0.3, -0.25) is 9.69 Å². The van der Waals surface area contributed by atoms with Crippen molar-refractivity contribution in [3.05, 3.63) is 52.5 Å². The summed E-state index contributed by atoms with van der Waals surface area (Å²) in [5.74, 6) is -0.648. The van der Waals surface area contributed by atoms with Crippen molar-refractivity contribution in [2.75, 3.05) is 6.61 Å². The number of likely N-dealkylation sites (tertiary alicyclic amines) is 1. The van der Waals surface area contributed by atoms with Crippen molar-refractivity contribution in [1.82, 2.24) is 14.5 Å². The molecule has 0 bridgehead atoms. The standard InChI is InChI=1S/C27H37N3O3/c1-4-33-27(32)25-26(31)30(24-15-11-10-14-23(24)28-25)20(3)18-22-17-16-19(2)29(22)21-12-8-6-5-7-9-13-21/h8,10-12,14-15,19-22H,4-7,9,13,16-18H2,1-3H3/b12-8-/t19-,20-,21?,22-/m0/s1. The lowest BCUT2D eigenvalue weighted by Crippen LogP contribution is -2.43. The Kier molecular flexibility index (Phi) is 7.63. The summed E-state index contributed by atoms with van der Waals surface area (Å²) in [5, 5.41) is 0. The molecule has 1 fully saturated rings. The van der Waals surface area contributed by atoms with E-state index < -0.39 is 5.97 Å². The number of rotatable bonds is 6. The Morgan fingerprint density at radius 1 is 1.18 bits per heavy atom. The van der Waals surface area contributed by atoms with Gasteiger partial charge in [-0.25, -0.2) is 9.78 Å². The summed E-state index contributed by atoms with van der Waals surface area (Å²) in [6.45, 7) is 6.38. The number of esters is 1. The van der Waals surface area contributed by atoms with E-state index in [4.69, 9.17) is 4.74 Å². The predicted molar refractivity (Wildman–Crippen MR) is 132 cm³/mol. The van der Waals surface area contributed by atoms with Crippen molar-refractivity contribution in [1.29, 1.82) is 0 Å². The Hall–Kier alpha value is -2.47. The maximum absolute atomic E-state index is 13.4. The lowest BCUT2D eigenvalue weighted by molar-refractivity contribution is 0.0516. The molecule has 2 aromatic rings. The molecule has 1 saturated heterocycles. The number of benzene rings is 1. The zero-order chi connectivity index (χ0) is 23.4. The first kappa shape index (κ1) is 23.7. The summed E-state index contributed by atoms with van der Waals surface area (Å²) in [6.07, 6.45) is 14.2. The van der Waals surface area contributed by atoms with Crippen molar-refractivity contribution >= 4 is 17.0 Å². The van der Waals surface area contributed by atoms with Crippen molar-refractivity contribution in [2.45, 2.75) is 96.3 Å². The largest absolute Gasteiger partial charge is 0.461 e. The molecule has 2 aliphatic rings. The van der Waals surface area contributed by atoms with Crippen LogP contribution in [-0.2, 0) is 4.74 Å². The fourth-order valence-corrected chi connectivity index (χ4v) is 5.74. The van der Waals surface area contributed by atoms with E-state index in [0.717, 1.165) is 18.4 Å². The number of allylic oxidation sites excluding steroid dienone is 1. The van der Waals surface area contributed by atoms with Crippen LogP contribution in [0.1, 0.15) is 88.7 Å². The number of hydrogen-bond acceptors (Lipinski definition) is 5. The number of ether oxygens (including phenoxy) is 1. The molecule has 6 nitrogen and oxygen atoms in total. The minimum atomic E-state index is -0.648. The Labute approximate surface area is 196 Å². The summed E-state index contributed by atoms with van der Waals surface area (Å²) in [7, 11) is 0. The second-order valence-corrected chi connectivity index (χ2v) is 9.59. The first-order chi connectivity index (χ1) is 16.0. The van der Waals surface area contributed by atoms with Gasteiger partial charge >= 0.3 is 5.97 Å². The SMILES string of the molecule is CCOC(=O)c1nc2ccccc2n([C@@H](C)C[C@@H]2CC[C@H](C)N2C2/C=C\CCCCC2)c1=O. The van der Waals surface area contributed by atoms with Crippen LogP contribution in [0.2, 0.25) is 0 Å². The van der Waals surface area contributed by atoms with Gasteiger partial charge in [0.15, 0.2) is 0 Å². The molecule has 33 heavy (non-hydrogen) atoms. The van der Waals surface area contributed by atoms with Gasteiger partial charge in [-0.1, -0.05) is 37.1 Å². The van der Waals surface area contributed by atoms with E-state index in [1.807, 2.05) is 24.3 Å². The maximum atomic E-state index is 13.4. The van der Waals surface area contributed by atoms with Crippen LogP contribution in [0.4, 0.5) is 0 Å². The second kappa shape index (κ2) is 10.6. The molecule has 4 rings (SSSR count). The van der Waals surface area contributed by atoms with E-state index >= 15 is 0 Å². The van der Waals surface area contributed by atoms with E-state index in [9.17, 15) is 9.59 Å². The average molecular weight is 452 g/mol. The molecule has 0 amide bonds. The molecule has 6 heteroatoms. The molecule has 0 spiro atoms. The number of hydrogen-bond donors (Lipinski definition) is 0. The molecule has 2 heterocycles. The summed E-state index contributed by atoms with van der Waals surface area (Å²) in [4.78, 5) is 33.0. The number of aromatic nitrogens is 2. The highest BCUT2D eigenvalue weighted by atomic mass is 16.5. The minimum absolute atomic E-state index is 0.0612. The van der Waals surface area contributed by atoms with Crippen LogP contribution >= 0.6 is 0 Å². The van der Waals surface area contributed by atoms with E-state index in [1.54, 1.807) is 11.5 Å². The highest BCUT2D eigenvalue weighted by Crippen LogP contribution is 2.34. The lowest BCUT2D eigenvalue weighted by atomic mass is 9.98. The van der Waals surface area contributed by atoms with Gasteiger partial charge in [0.2, 0.25) is 5.69 Å². The van der Waals surface area contributed by atoms with E-state index in [-0.39, 0.29) is 23.9 Å². The van der Waals surface area contributed by atoms with E-state index in [1.165, 1.54) is 38.5 Å². The van der Waals surface area contributed by atoms with Crippen LogP contribution in [0.25, 0.3) is 11.0 Å².